The summed E-state index contributed by atoms with van der Waals surface area (Å²) in [5.41, 5.74) is 0.977. The summed E-state index contributed by atoms with van der Waals surface area (Å²) in [4.78, 5) is 29.5. The van der Waals surface area contributed by atoms with E-state index in [1.165, 1.54) is 0 Å². The Hall–Kier alpha value is -1.69. The van der Waals surface area contributed by atoms with Crippen LogP contribution in [0.15, 0.2) is 22.8 Å². The van der Waals surface area contributed by atoms with Crippen molar-refractivity contribution in [1.82, 2.24) is 10.3 Å². The van der Waals surface area contributed by atoms with E-state index in [9.17, 15) is 9.59 Å². The number of rotatable bonds is 1. The molecular formula is C13H12BrN3O2. The molecule has 0 aromatic carbocycles. The van der Waals surface area contributed by atoms with E-state index < -0.39 is 0 Å². The SMILES string of the molecule is O=C1CCC(N2CC=Cc3cc(Br)cnc32)C(=O)N1. The van der Waals surface area contributed by atoms with E-state index in [4.69, 9.17) is 0 Å². The van der Waals surface area contributed by atoms with Crippen molar-refractivity contribution in [3.63, 3.8) is 0 Å². The van der Waals surface area contributed by atoms with Crippen molar-refractivity contribution < 1.29 is 9.59 Å². The van der Waals surface area contributed by atoms with Gasteiger partial charge < -0.3 is 4.90 Å². The summed E-state index contributed by atoms with van der Waals surface area (Å²) in [5, 5.41) is 2.39. The fraction of sp³-hybridized carbons (Fsp3) is 0.308. The molecule has 1 fully saturated rings. The molecule has 0 saturated carbocycles. The lowest BCUT2D eigenvalue weighted by atomic mass is 10.0. The molecule has 0 spiro atoms. The second kappa shape index (κ2) is 4.77. The molecule has 1 saturated heterocycles. The Labute approximate surface area is 118 Å². The van der Waals surface area contributed by atoms with Crippen LogP contribution in [0.2, 0.25) is 0 Å². The van der Waals surface area contributed by atoms with E-state index in [2.05, 4.69) is 26.2 Å². The zero-order chi connectivity index (χ0) is 13.4. The number of hydrogen-bond acceptors (Lipinski definition) is 4. The summed E-state index contributed by atoms with van der Waals surface area (Å²) in [6.07, 6.45) is 6.63. The first-order valence-corrected chi connectivity index (χ1v) is 6.87. The number of aromatic nitrogens is 1. The highest BCUT2D eigenvalue weighted by Gasteiger charge is 2.33. The highest BCUT2D eigenvalue weighted by atomic mass is 79.9. The molecule has 0 radical (unpaired) electrons. The van der Waals surface area contributed by atoms with E-state index in [1.807, 2.05) is 23.1 Å². The van der Waals surface area contributed by atoms with Crippen molar-refractivity contribution in [1.29, 1.82) is 0 Å². The number of amides is 2. The number of piperidine rings is 1. The fourth-order valence-electron chi connectivity index (χ4n) is 2.44. The number of anilines is 1. The van der Waals surface area contributed by atoms with Crippen LogP contribution in [-0.4, -0.2) is 29.4 Å². The predicted molar refractivity (Wildman–Crippen MR) is 74.5 cm³/mol. The molecule has 5 nitrogen and oxygen atoms in total. The summed E-state index contributed by atoms with van der Waals surface area (Å²) in [6, 6.07) is 1.65. The number of nitrogens with zero attached hydrogens (tertiary/aromatic N) is 2. The van der Waals surface area contributed by atoms with Crippen molar-refractivity contribution in [2.75, 3.05) is 11.4 Å². The summed E-state index contributed by atoms with van der Waals surface area (Å²) in [6.45, 7) is 0.633. The van der Waals surface area contributed by atoms with Gasteiger partial charge in [0.2, 0.25) is 11.8 Å². The van der Waals surface area contributed by atoms with Gasteiger partial charge in [-0.15, -0.1) is 0 Å². The van der Waals surface area contributed by atoms with Gasteiger partial charge in [0.05, 0.1) is 0 Å². The summed E-state index contributed by atoms with van der Waals surface area (Å²) in [5.74, 6) is 0.361. The van der Waals surface area contributed by atoms with Crippen molar-refractivity contribution >= 4 is 39.6 Å². The van der Waals surface area contributed by atoms with E-state index >= 15 is 0 Å². The first-order chi connectivity index (χ1) is 9.15. The molecule has 1 aromatic rings. The third kappa shape index (κ3) is 2.28. The minimum Gasteiger partial charge on any atom is -0.340 e. The van der Waals surface area contributed by atoms with Crippen LogP contribution in [0.4, 0.5) is 5.82 Å². The van der Waals surface area contributed by atoms with Gasteiger partial charge in [0.15, 0.2) is 0 Å². The van der Waals surface area contributed by atoms with Gasteiger partial charge in [-0.2, -0.15) is 0 Å². The molecule has 2 aliphatic heterocycles. The van der Waals surface area contributed by atoms with Crippen molar-refractivity contribution in [2.45, 2.75) is 18.9 Å². The van der Waals surface area contributed by atoms with Gasteiger partial charge in [-0.25, -0.2) is 4.98 Å². The van der Waals surface area contributed by atoms with Gasteiger partial charge in [-0.1, -0.05) is 12.2 Å². The molecule has 1 aromatic heterocycles. The Morgan fingerprint density at radius 2 is 2.26 bits per heavy atom. The summed E-state index contributed by atoms with van der Waals surface area (Å²) < 4.78 is 0.904. The molecule has 1 unspecified atom stereocenters. The van der Waals surface area contributed by atoms with E-state index in [0.717, 1.165) is 15.9 Å². The monoisotopic (exact) mass is 321 g/mol. The number of carbonyl (C=O) groups excluding carboxylic acids is 2. The number of imide groups is 1. The summed E-state index contributed by atoms with van der Waals surface area (Å²) >= 11 is 3.39. The van der Waals surface area contributed by atoms with E-state index in [0.29, 0.717) is 19.4 Å². The molecule has 19 heavy (non-hydrogen) atoms. The van der Waals surface area contributed by atoms with Crippen LogP contribution in [0.1, 0.15) is 18.4 Å². The largest absolute Gasteiger partial charge is 0.340 e. The molecule has 98 valence electrons. The van der Waals surface area contributed by atoms with Crippen molar-refractivity contribution in [2.24, 2.45) is 0 Å². The molecule has 6 heteroatoms. The zero-order valence-electron chi connectivity index (χ0n) is 10.1. The second-order valence-corrected chi connectivity index (χ2v) is 5.50. The normalized spacial score (nSPS) is 22.2. The van der Waals surface area contributed by atoms with Crippen LogP contribution < -0.4 is 10.2 Å². The number of hydrogen-bond donors (Lipinski definition) is 1. The maximum atomic E-state index is 11.9. The van der Waals surface area contributed by atoms with Gasteiger partial charge in [0.25, 0.3) is 0 Å². The average Bonchev–Trinajstić information content (AvgIpc) is 2.38. The maximum absolute atomic E-state index is 11.9. The van der Waals surface area contributed by atoms with Gasteiger partial charge in [0.1, 0.15) is 11.9 Å². The molecule has 0 bridgehead atoms. The summed E-state index contributed by atoms with van der Waals surface area (Å²) in [7, 11) is 0. The van der Waals surface area contributed by atoms with Crippen LogP contribution in [0.5, 0.6) is 0 Å². The van der Waals surface area contributed by atoms with Gasteiger partial charge in [0, 0.05) is 29.2 Å². The quantitative estimate of drug-likeness (QED) is 0.796. The maximum Gasteiger partial charge on any atom is 0.249 e. The molecule has 3 rings (SSSR count). The Kier molecular flexibility index (Phi) is 3.10. The van der Waals surface area contributed by atoms with Crippen LogP contribution in [0.3, 0.4) is 0 Å². The number of carbonyl (C=O) groups is 2. The zero-order valence-corrected chi connectivity index (χ0v) is 11.7. The molecule has 1 N–H and O–H groups in total. The molecule has 2 aliphatic rings. The van der Waals surface area contributed by atoms with Crippen LogP contribution in [0, 0.1) is 0 Å². The van der Waals surface area contributed by atoms with E-state index in [-0.39, 0.29) is 17.9 Å². The second-order valence-electron chi connectivity index (χ2n) is 4.59. The minimum atomic E-state index is -0.324. The lowest BCUT2D eigenvalue weighted by Gasteiger charge is -2.35. The average molecular weight is 322 g/mol. The van der Waals surface area contributed by atoms with Crippen LogP contribution >= 0.6 is 15.9 Å². The standard InChI is InChI=1S/C13H12BrN3O2/c14-9-6-8-2-1-5-17(12(8)15-7-9)10-3-4-11(18)16-13(10)19/h1-2,6-7,10H,3-5H2,(H,16,18,19). The van der Waals surface area contributed by atoms with Crippen LogP contribution in [-0.2, 0) is 9.59 Å². The van der Waals surface area contributed by atoms with Gasteiger partial charge in [-0.05, 0) is 28.4 Å². The Morgan fingerprint density at radius 3 is 3.05 bits per heavy atom. The van der Waals surface area contributed by atoms with Crippen molar-refractivity contribution in [3.05, 3.63) is 28.4 Å². The first kappa shape index (κ1) is 12.3. The van der Waals surface area contributed by atoms with E-state index in [1.54, 1.807) is 6.20 Å². The Bertz CT molecular complexity index is 585. The number of nitrogens with one attached hydrogen (secondary N) is 1. The number of fused-ring (bicyclic) bond motifs is 1. The molecule has 3 heterocycles. The molecule has 0 aliphatic carbocycles. The number of halogens is 1. The van der Waals surface area contributed by atoms with Crippen molar-refractivity contribution in [3.8, 4) is 0 Å². The molecule has 2 amide bonds. The third-order valence-corrected chi connectivity index (χ3v) is 3.75. The topological polar surface area (TPSA) is 62.3 Å². The molecular weight excluding hydrogens is 310 g/mol. The molecule has 1 atom stereocenters. The highest BCUT2D eigenvalue weighted by Crippen LogP contribution is 2.29. The Balaban J connectivity index is 1.93. The minimum absolute atomic E-state index is 0.196. The first-order valence-electron chi connectivity index (χ1n) is 6.07. The predicted octanol–water partition coefficient (Wildman–Crippen LogP) is 1.48. The fourth-order valence-corrected chi connectivity index (χ4v) is 2.79. The lowest BCUT2D eigenvalue weighted by Crippen LogP contribution is -2.53. The number of pyridine rings is 1. The lowest BCUT2D eigenvalue weighted by molar-refractivity contribution is -0.134. The Morgan fingerprint density at radius 1 is 1.42 bits per heavy atom. The van der Waals surface area contributed by atoms with Crippen LogP contribution in [0.25, 0.3) is 6.08 Å². The smallest absolute Gasteiger partial charge is 0.249 e. The van der Waals surface area contributed by atoms with Gasteiger partial charge in [-0.3, -0.25) is 14.9 Å². The highest BCUT2D eigenvalue weighted by molar-refractivity contribution is 9.10. The van der Waals surface area contributed by atoms with Gasteiger partial charge >= 0.3 is 0 Å². The third-order valence-electron chi connectivity index (χ3n) is 3.32.